The van der Waals surface area contributed by atoms with E-state index in [1.165, 1.54) is 24.3 Å². The summed E-state index contributed by atoms with van der Waals surface area (Å²) in [5, 5.41) is 14.6. The average Bonchev–Trinajstić information content (AvgIpc) is 3.29. The molecule has 0 aliphatic heterocycles. The standard InChI is InChI=1S/C26H21ClN2O6/c1-16-4-3-5-20(10-16)33-15-22-7-9-25(35-22)26(30)28-18-12-19(29(31)32)14-23(13-18)34-21-6-8-24(27)17(2)11-21/h3-14H,15H2,1-2H3,(H,28,30). The fraction of sp³-hybridized carbons (Fsp3) is 0.115. The van der Waals surface area contributed by atoms with Crippen molar-refractivity contribution in [1.29, 1.82) is 0 Å². The molecule has 0 bridgehead atoms. The van der Waals surface area contributed by atoms with Crippen LogP contribution in [0.1, 0.15) is 27.4 Å². The van der Waals surface area contributed by atoms with Gasteiger partial charge in [-0.05, 0) is 67.4 Å². The number of carbonyl (C=O) groups excluding carboxylic acids is 1. The van der Waals surface area contributed by atoms with E-state index in [-0.39, 0.29) is 29.5 Å². The van der Waals surface area contributed by atoms with Crippen molar-refractivity contribution in [1.82, 2.24) is 0 Å². The van der Waals surface area contributed by atoms with Gasteiger partial charge in [0.25, 0.3) is 11.6 Å². The number of ether oxygens (including phenoxy) is 2. The summed E-state index contributed by atoms with van der Waals surface area (Å²) in [6, 6.07) is 19.7. The highest BCUT2D eigenvalue weighted by Gasteiger charge is 2.16. The molecule has 0 aliphatic rings. The molecule has 0 spiro atoms. The Morgan fingerprint density at radius 3 is 2.57 bits per heavy atom. The molecule has 0 saturated carbocycles. The van der Waals surface area contributed by atoms with Gasteiger partial charge in [-0.1, -0.05) is 23.7 Å². The number of non-ortho nitro benzene ring substituents is 1. The van der Waals surface area contributed by atoms with E-state index in [1.54, 1.807) is 24.3 Å². The van der Waals surface area contributed by atoms with Gasteiger partial charge in [-0.15, -0.1) is 0 Å². The normalized spacial score (nSPS) is 10.6. The Labute approximate surface area is 206 Å². The lowest BCUT2D eigenvalue weighted by Gasteiger charge is -2.10. The SMILES string of the molecule is Cc1cccc(OCc2ccc(C(=O)Nc3cc(Oc4ccc(Cl)c(C)c4)cc([N+](=O)[O-])c3)o2)c1. The van der Waals surface area contributed by atoms with Crippen molar-refractivity contribution in [3.63, 3.8) is 0 Å². The molecule has 0 radical (unpaired) electrons. The zero-order chi connectivity index (χ0) is 24.9. The molecule has 35 heavy (non-hydrogen) atoms. The molecule has 178 valence electrons. The number of amides is 1. The average molecular weight is 493 g/mol. The first-order chi connectivity index (χ1) is 16.8. The highest BCUT2D eigenvalue weighted by molar-refractivity contribution is 6.31. The van der Waals surface area contributed by atoms with E-state index >= 15 is 0 Å². The summed E-state index contributed by atoms with van der Waals surface area (Å²) in [6.45, 7) is 3.92. The van der Waals surface area contributed by atoms with Crippen molar-refractivity contribution >= 4 is 28.9 Å². The van der Waals surface area contributed by atoms with Gasteiger partial charge in [0.05, 0.1) is 16.7 Å². The number of anilines is 1. The fourth-order valence-electron chi connectivity index (χ4n) is 3.27. The fourth-order valence-corrected chi connectivity index (χ4v) is 3.38. The van der Waals surface area contributed by atoms with Crippen LogP contribution in [-0.2, 0) is 6.61 Å². The lowest BCUT2D eigenvalue weighted by Crippen LogP contribution is -2.11. The Morgan fingerprint density at radius 1 is 1.00 bits per heavy atom. The summed E-state index contributed by atoms with van der Waals surface area (Å²) in [6.07, 6.45) is 0. The Hall–Kier alpha value is -4.30. The molecule has 0 fully saturated rings. The van der Waals surface area contributed by atoms with Crippen LogP contribution in [0.5, 0.6) is 17.2 Å². The summed E-state index contributed by atoms with van der Waals surface area (Å²) >= 11 is 6.04. The molecular weight excluding hydrogens is 472 g/mol. The highest BCUT2D eigenvalue weighted by Crippen LogP contribution is 2.31. The van der Waals surface area contributed by atoms with E-state index in [2.05, 4.69) is 5.32 Å². The van der Waals surface area contributed by atoms with Crippen molar-refractivity contribution in [3.8, 4) is 17.2 Å². The largest absolute Gasteiger partial charge is 0.486 e. The molecule has 0 saturated heterocycles. The van der Waals surface area contributed by atoms with Gasteiger partial charge in [0.1, 0.15) is 29.6 Å². The number of nitrogens with one attached hydrogen (secondary N) is 1. The molecule has 9 heteroatoms. The number of aryl methyl sites for hydroxylation is 2. The minimum Gasteiger partial charge on any atom is -0.486 e. The van der Waals surface area contributed by atoms with Gasteiger partial charge in [-0.3, -0.25) is 14.9 Å². The second-order valence-corrected chi connectivity index (χ2v) is 8.22. The summed E-state index contributed by atoms with van der Waals surface area (Å²) in [4.78, 5) is 23.6. The zero-order valence-electron chi connectivity index (χ0n) is 18.9. The van der Waals surface area contributed by atoms with Crippen LogP contribution in [0.15, 0.2) is 77.2 Å². The smallest absolute Gasteiger partial charge is 0.291 e. The molecule has 4 aromatic rings. The van der Waals surface area contributed by atoms with Crippen LogP contribution < -0.4 is 14.8 Å². The second kappa shape index (κ2) is 10.3. The van der Waals surface area contributed by atoms with Gasteiger partial charge in [0.2, 0.25) is 0 Å². The first kappa shape index (κ1) is 23.8. The van der Waals surface area contributed by atoms with Gasteiger partial charge in [0, 0.05) is 17.2 Å². The van der Waals surface area contributed by atoms with Crippen molar-refractivity contribution in [2.45, 2.75) is 20.5 Å². The predicted octanol–water partition coefficient (Wildman–Crippen LogP) is 7.08. The summed E-state index contributed by atoms with van der Waals surface area (Å²) < 4.78 is 17.0. The lowest BCUT2D eigenvalue weighted by atomic mass is 10.2. The van der Waals surface area contributed by atoms with Gasteiger partial charge in [-0.25, -0.2) is 0 Å². The Morgan fingerprint density at radius 2 is 1.83 bits per heavy atom. The van der Waals surface area contributed by atoms with Crippen LogP contribution in [0.25, 0.3) is 0 Å². The number of nitro groups is 1. The van der Waals surface area contributed by atoms with Crippen LogP contribution in [0.2, 0.25) is 5.02 Å². The minimum absolute atomic E-state index is 0.0372. The van der Waals surface area contributed by atoms with Gasteiger partial charge in [-0.2, -0.15) is 0 Å². The van der Waals surface area contributed by atoms with E-state index in [1.807, 2.05) is 38.1 Å². The van der Waals surface area contributed by atoms with E-state index in [9.17, 15) is 14.9 Å². The van der Waals surface area contributed by atoms with Crippen LogP contribution in [0.3, 0.4) is 0 Å². The molecule has 0 aliphatic carbocycles. The number of hydrogen-bond donors (Lipinski definition) is 1. The van der Waals surface area contributed by atoms with Gasteiger partial charge in [0.15, 0.2) is 5.76 Å². The van der Waals surface area contributed by atoms with Gasteiger partial charge < -0.3 is 19.2 Å². The minimum atomic E-state index is -0.569. The van der Waals surface area contributed by atoms with E-state index in [0.29, 0.717) is 22.3 Å². The number of rotatable bonds is 8. The van der Waals surface area contributed by atoms with Gasteiger partial charge >= 0.3 is 0 Å². The molecule has 0 atom stereocenters. The van der Waals surface area contributed by atoms with E-state index in [0.717, 1.165) is 11.1 Å². The first-order valence-electron chi connectivity index (χ1n) is 10.6. The molecule has 0 unspecified atom stereocenters. The first-order valence-corrected chi connectivity index (χ1v) is 11.0. The lowest BCUT2D eigenvalue weighted by molar-refractivity contribution is -0.384. The third kappa shape index (κ3) is 6.18. The van der Waals surface area contributed by atoms with Crippen molar-refractivity contribution in [3.05, 3.63) is 111 Å². The Bertz CT molecular complexity index is 1400. The number of benzene rings is 3. The van der Waals surface area contributed by atoms with Crippen LogP contribution >= 0.6 is 11.6 Å². The number of carbonyl (C=O) groups is 1. The molecule has 1 heterocycles. The molecule has 1 N–H and O–H groups in total. The van der Waals surface area contributed by atoms with Crippen molar-refractivity contribution in [2.75, 3.05) is 5.32 Å². The molecule has 1 amide bonds. The maximum absolute atomic E-state index is 12.7. The van der Waals surface area contributed by atoms with Crippen LogP contribution in [0.4, 0.5) is 11.4 Å². The van der Waals surface area contributed by atoms with Crippen molar-refractivity contribution < 1.29 is 23.6 Å². The predicted molar refractivity (Wildman–Crippen MR) is 132 cm³/mol. The van der Waals surface area contributed by atoms with Crippen LogP contribution in [-0.4, -0.2) is 10.8 Å². The number of nitrogens with zero attached hydrogens (tertiary/aromatic N) is 1. The third-order valence-corrected chi connectivity index (χ3v) is 5.41. The Kier molecular flexibility index (Phi) is 7.03. The summed E-state index contributed by atoms with van der Waals surface area (Å²) in [5.74, 6) is 1.25. The molecule has 3 aromatic carbocycles. The van der Waals surface area contributed by atoms with Crippen molar-refractivity contribution in [2.24, 2.45) is 0 Å². The number of hydrogen-bond acceptors (Lipinski definition) is 6. The molecule has 1 aromatic heterocycles. The second-order valence-electron chi connectivity index (χ2n) is 7.81. The molecule has 8 nitrogen and oxygen atoms in total. The quantitative estimate of drug-likeness (QED) is 0.208. The third-order valence-electron chi connectivity index (χ3n) is 4.98. The number of halogens is 1. The maximum atomic E-state index is 12.7. The number of furan rings is 1. The van der Waals surface area contributed by atoms with E-state index in [4.69, 9.17) is 25.5 Å². The molecule has 4 rings (SSSR count). The zero-order valence-corrected chi connectivity index (χ0v) is 19.7. The maximum Gasteiger partial charge on any atom is 0.291 e. The summed E-state index contributed by atoms with van der Waals surface area (Å²) in [7, 11) is 0. The molecular formula is C26H21ClN2O6. The monoisotopic (exact) mass is 492 g/mol. The summed E-state index contributed by atoms with van der Waals surface area (Å²) in [5.41, 5.74) is 1.80. The Balaban J connectivity index is 1.47. The highest BCUT2D eigenvalue weighted by atomic mass is 35.5. The van der Waals surface area contributed by atoms with E-state index < -0.39 is 10.8 Å². The topological polar surface area (TPSA) is 104 Å². The van der Waals surface area contributed by atoms with Crippen LogP contribution in [0, 0.1) is 24.0 Å². The number of nitro benzene ring substituents is 1.